The van der Waals surface area contributed by atoms with Crippen LogP contribution in [0.1, 0.15) is 50.2 Å². The predicted molar refractivity (Wildman–Crippen MR) is 150 cm³/mol. The first-order chi connectivity index (χ1) is 18.7. The van der Waals surface area contributed by atoms with Gasteiger partial charge in [-0.3, -0.25) is 0 Å². The number of anilines is 2. The van der Waals surface area contributed by atoms with E-state index in [1.165, 1.54) is 6.42 Å². The Hall–Kier alpha value is -2.95. The molecular formula is C28H42N8O2. The molecule has 0 amide bonds. The maximum atomic E-state index is 9.61. The average molecular weight is 523 g/mol. The van der Waals surface area contributed by atoms with Gasteiger partial charge in [-0.05, 0) is 44.1 Å². The van der Waals surface area contributed by atoms with Crippen LogP contribution in [0, 0.1) is 0 Å². The van der Waals surface area contributed by atoms with Gasteiger partial charge >= 0.3 is 0 Å². The van der Waals surface area contributed by atoms with Crippen LogP contribution >= 0.6 is 0 Å². The number of piperidine rings is 1. The average Bonchev–Trinajstić information content (AvgIpc) is 3.39. The minimum absolute atomic E-state index is 0.199. The van der Waals surface area contributed by atoms with E-state index >= 15 is 0 Å². The number of rotatable bonds is 12. The van der Waals surface area contributed by atoms with Crippen molar-refractivity contribution in [3.63, 3.8) is 0 Å². The van der Waals surface area contributed by atoms with E-state index < -0.39 is 0 Å². The minimum atomic E-state index is 0.199. The molecule has 3 aromatic heterocycles. The van der Waals surface area contributed by atoms with Crippen LogP contribution in [0.25, 0.3) is 5.65 Å². The Morgan fingerprint density at radius 2 is 2.05 bits per heavy atom. The number of hydrogen-bond acceptors (Lipinski definition) is 9. The van der Waals surface area contributed by atoms with Gasteiger partial charge in [-0.1, -0.05) is 13.0 Å². The molecule has 10 nitrogen and oxygen atoms in total. The van der Waals surface area contributed by atoms with Gasteiger partial charge in [-0.2, -0.15) is 9.61 Å². The maximum Gasteiger partial charge on any atom is 0.213 e. The number of fused-ring (bicyclic) bond motifs is 1. The zero-order chi connectivity index (χ0) is 26.2. The lowest BCUT2D eigenvalue weighted by atomic mass is 9.99. The standard InChI is InChI=1S/C28H42N8O2/c1-2-23-21-32-36-25(18-26(33-28(23)36)35-13-4-3-6-24(35)9-16-37)30-19-22-7-8-27(31-20-22)38-17-5-12-34-14-10-29-11-15-34/h7-8,18,20-21,24,29-30,37H,2-6,9-17,19H2,1H3/t24-/m1/s1. The third kappa shape index (κ3) is 6.54. The van der Waals surface area contributed by atoms with Gasteiger partial charge in [-0.15, -0.1) is 0 Å². The van der Waals surface area contributed by atoms with Crippen molar-refractivity contribution in [1.82, 2.24) is 29.8 Å². The van der Waals surface area contributed by atoms with E-state index in [0.29, 0.717) is 25.1 Å². The molecule has 5 rings (SSSR count). The Kier molecular flexibility index (Phi) is 9.27. The highest BCUT2D eigenvalue weighted by Gasteiger charge is 2.25. The Morgan fingerprint density at radius 1 is 1.16 bits per heavy atom. The summed E-state index contributed by atoms with van der Waals surface area (Å²) in [5.74, 6) is 2.53. The highest BCUT2D eigenvalue weighted by Crippen LogP contribution is 2.29. The molecule has 10 heteroatoms. The van der Waals surface area contributed by atoms with Gasteiger partial charge in [0.2, 0.25) is 5.88 Å². The molecule has 0 aliphatic carbocycles. The molecular weight excluding hydrogens is 480 g/mol. The molecule has 3 N–H and O–H groups in total. The summed E-state index contributed by atoms with van der Waals surface area (Å²) >= 11 is 0. The molecule has 38 heavy (non-hydrogen) atoms. The zero-order valence-electron chi connectivity index (χ0n) is 22.6. The minimum Gasteiger partial charge on any atom is -0.478 e. The van der Waals surface area contributed by atoms with Gasteiger partial charge in [0, 0.05) is 82.4 Å². The molecule has 206 valence electrons. The summed E-state index contributed by atoms with van der Waals surface area (Å²) in [6.07, 6.45) is 9.87. The quantitative estimate of drug-likeness (QED) is 0.310. The lowest BCUT2D eigenvalue weighted by Gasteiger charge is -2.36. The summed E-state index contributed by atoms with van der Waals surface area (Å²) in [6, 6.07) is 6.43. The number of nitrogens with zero attached hydrogens (tertiary/aromatic N) is 6. The van der Waals surface area contributed by atoms with Crippen molar-refractivity contribution < 1.29 is 9.84 Å². The van der Waals surface area contributed by atoms with E-state index in [1.54, 1.807) is 0 Å². The molecule has 2 aliphatic rings. The van der Waals surface area contributed by atoms with Crippen LogP contribution in [0.15, 0.2) is 30.6 Å². The van der Waals surface area contributed by atoms with Crippen LogP contribution < -0.4 is 20.3 Å². The fourth-order valence-electron chi connectivity index (χ4n) is 5.46. The maximum absolute atomic E-state index is 9.61. The smallest absolute Gasteiger partial charge is 0.213 e. The third-order valence-electron chi connectivity index (χ3n) is 7.65. The first-order valence-corrected chi connectivity index (χ1v) is 14.2. The monoisotopic (exact) mass is 522 g/mol. The highest BCUT2D eigenvalue weighted by atomic mass is 16.5. The number of aliphatic hydroxyl groups excluding tert-OH is 1. The normalized spacial score (nSPS) is 18.7. The number of piperazine rings is 1. The first kappa shape index (κ1) is 26.6. The van der Waals surface area contributed by atoms with Gasteiger partial charge < -0.3 is 30.3 Å². The van der Waals surface area contributed by atoms with E-state index in [1.807, 2.05) is 23.0 Å². The first-order valence-electron chi connectivity index (χ1n) is 14.2. The number of hydrogen-bond donors (Lipinski definition) is 3. The fourth-order valence-corrected chi connectivity index (χ4v) is 5.46. The van der Waals surface area contributed by atoms with Crippen LogP contribution in [-0.2, 0) is 13.0 Å². The topological polar surface area (TPSA) is 103 Å². The molecule has 0 unspecified atom stereocenters. The number of pyridine rings is 1. The van der Waals surface area contributed by atoms with Crippen LogP contribution in [0.3, 0.4) is 0 Å². The summed E-state index contributed by atoms with van der Waals surface area (Å²) < 4.78 is 7.78. The number of aromatic nitrogens is 4. The van der Waals surface area contributed by atoms with Crippen LogP contribution in [-0.4, -0.2) is 88.1 Å². The van der Waals surface area contributed by atoms with Gasteiger partial charge in [0.15, 0.2) is 5.65 Å². The van der Waals surface area contributed by atoms with Crippen molar-refractivity contribution in [2.24, 2.45) is 0 Å². The van der Waals surface area contributed by atoms with Crippen molar-refractivity contribution >= 4 is 17.3 Å². The summed E-state index contributed by atoms with van der Waals surface area (Å²) in [4.78, 5) is 14.4. The zero-order valence-corrected chi connectivity index (χ0v) is 22.6. The van der Waals surface area contributed by atoms with Gasteiger partial charge in [0.1, 0.15) is 11.6 Å². The van der Waals surface area contributed by atoms with Crippen molar-refractivity contribution in [1.29, 1.82) is 0 Å². The lowest BCUT2D eigenvalue weighted by Crippen LogP contribution is -2.43. The van der Waals surface area contributed by atoms with Gasteiger partial charge in [0.05, 0.1) is 12.8 Å². The van der Waals surface area contributed by atoms with E-state index in [9.17, 15) is 5.11 Å². The molecule has 2 saturated heterocycles. The SMILES string of the molecule is CCc1cnn2c(NCc3ccc(OCCCN4CCNCC4)nc3)cc(N3CCCC[C@@H]3CCO)nc12. The third-order valence-corrected chi connectivity index (χ3v) is 7.65. The van der Waals surface area contributed by atoms with Crippen molar-refractivity contribution in [3.8, 4) is 5.88 Å². The molecule has 0 saturated carbocycles. The Bertz CT molecular complexity index is 1140. The number of ether oxygens (including phenoxy) is 1. The van der Waals surface area contributed by atoms with E-state index in [0.717, 1.165) is 99.8 Å². The second-order valence-electron chi connectivity index (χ2n) is 10.3. The summed E-state index contributed by atoms with van der Waals surface area (Å²) in [5, 5.41) is 21.2. The molecule has 0 bridgehead atoms. The molecule has 3 aromatic rings. The lowest BCUT2D eigenvalue weighted by molar-refractivity contribution is 0.211. The number of aryl methyl sites for hydroxylation is 1. The summed E-state index contributed by atoms with van der Waals surface area (Å²) in [5.41, 5.74) is 3.10. The molecule has 0 aromatic carbocycles. The number of nitrogens with one attached hydrogen (secondary N) is 2. The highest BCUT2D eigenvalue weighted by molar-refractivity contribution is 5.61. The molecule has 1 atom stereocenters. The van der Waals surface area contributed by atoms with Crippen molar-refractivity contribution in [2.45, 2.75) is 58.0 Å². The van der Waals surface area contributed by atoms with Crippen LogP contribution in [0.2, 0.25) is 0 Å². The summed E-state index contributed by atoms with van der Waals surface area (Å²) in [6.45, 7) is 10.0. The van der Waals surface area contributed by atoms with Crippen molar-refractivity contribution in [2.75, 3.05) is 62.7 Å². The van der Waals surface area contributed by atoms with Crippen molar-refractivity contribution in [3.05, 3.63) is 41.7 Å². The second-order valence-corrected chi connectivity index (χ2v) is 10.3. The Labute approximate surface area is 225 Å². The number of aliphatic hydroxyl groups is 1. The van der Waals surface area contributed by atoms with Gasteiger partial charge in [-0.25, -0.2) is 9.97 Å². The van der Waals surface area contributed by atoms with Crippen LogP contribution in [0.4, 0.5) is 11.6 Å². The fraction of sp³-hybridized carbons (Fsp3) is 0.607. The molecule has 0 spiro atoms. The van der Waals surface area contributed by atoms with E-state index in [2.05, 4.69) is 49.6 Å². The van der Waals surface area contributed by atoms with E-state index in [4.69, 9.17) is 9.72 Å². The molecule has 5 heterocycles. The molecule has 2 aliphatic heterocycles. The Morgan fingerprint density at radius 3 is 2.84 bits per heavy atom. The largest absolute Gasteiger partial charge is 0.478 e. The molecule has 2 fully saturated rings. The van der Waals surface area contributed by atoms with Crippen LogP contribution in [0.5, 0.6) is 5.88 Å². The summed E-state index contributed by atoms with van der Waals surface area (Å²) in [7, 11) is 0. The Balaban J connectivity index is 1.22. The second kappa shape index (κ2) is 13.2. The van der Waals surface area contributed by atoms with Gasteiger partial charge in [0.25, 0.3) is 0 Å². The van der Waals surface area contributed by atoms with E-state index in [-0.39, 0.29) is 6.61 Å². The molecule has 0 radical (unpaired) electrons. The predicted octanol–water partition coefficient (Wildman–Crippen LogP) is 2.71.